The second-order valence-electron chi connectivity index (χ2n) is 8.38. The van der Waals surface area contributed by atoms with Gasteiger partial charge in [-0.15, -0.1) is 0 Å². The molecule has 9 heteroatoms. The van der Waals surface area contributed by atoms with Crippen molar-refractivity contribution in [3.05, 3.63) is 47.5 Å². The second-order valence-corrected chi connectivity index (χ2v) is 10.3. The minimum absolute atomic E-state index is 0.168. The standard InChI is InChI=1S/C24H31N3O5S/c1-18-6-7-19(16-23(18)31-2)24(28)25-21-17-20(33(29,30)27-12-14-32-15-13-27)8-9-22(21)26-10-4-3-5-11-26/h6-9,16-17H,3-5,10-15H2,1-2H3,(H,25,28). The van der Waals surface area contributed by atoms with Gasteiger partial charge in [-0.05, 0) is 62.1 Å². The lowest BCUT2D eigenvalue weighted by molar-refractivity contribution is 0.0730. The van der Waals surface area contributed by atoms with Crippen molar-refractivity contribution in [1.82, 2.24) is 4.31 Å². The summed E-state index contributed by atoms with van der Waals surface area (Å²) >= 11 is 0. The van der Waals surface area contributed by atoms with Gasteiger partial charge in [-0.1, -0.05) is 6.07 Å². The van der Waals surface area contributed by atoms with Gasteiger partial charge in [0.15, 0.2) is 0 Å². The molecule has 2 fully saturated rings. The van der Waals surface area contributed by atoms with E-state index in [-0.39, 0.29) is 10.8 Å². The third-order valence-electron chi connectivity index (χ3n) is 6.19. The van der Waals surface area contributed by atoms with E-state index in [1.165, 1.54) is 10.7 Å². The fraction of sp³-hybridized carbons (Fsp3) is 0.458. The highest BCUT2D eigenvalue weighted by molar-refractivity contribution is 7.89. The molecule has 2 aliphatic heterocycles. The minimum Gasteiger partial charge on any atom is -0.496 e. The molecule has 0 aliphatic carbocycles. The molecular formula is C24H31N3O5S. The molecule has 2 saturated heterocycles. The normalized spacial score (nSPS) is 17.6. The first-order valence-electron chi connectivity index (χ1n) is 11.3. The van der Waals surface area contributed by atoms with Crippen molar-refractivity contribution >= 4 is 27.3 Å². The molecule has 1 N–H and O–H groups in total. The highest BCUT2D eigenvalue weighted by Gasteiger charge is 2.28. The lowest BCUT2D eigenvalue weighted by Crippen LogP contribution is -2.40. The number of nitrogens with one attached hydrogen (secondary N) is 1. The Hall–Kier alpha value is -2.62. The molecule has 0 unspecified atom stereocenters. The zero-order chi connectivity index (χ0) is 23.4. The van der Waals surface area contributed by atoms with Gasteiger partial charge >= 0.3 is 0 Å². The number of ether oxygens (including phenoxy) is 2. The molecule has 0 spiro atoms. The molecule has 2 aromatic carbocycles. The number of benzene rings is 2. The maximum atomic E-state index is 13.2. The van der Waals surface area contributed by atoms with Crippen LogP contribution in [0.3, 0.4) is 0 Å². The zero-order valence-electron chi connectivity index (χ0n) is 19.2. The second kappa shape index (κ2) is 10.1. The topological polar surface area (TPSA) is 88.2 Å². The number of rotatable bonds is 6. The Morgan fingerprint density at radius 1 is 1.00 bits per heavy atom. The number of nitrogens with zero attached hydrogens (tertiary/aromatic N) is 2. The zero-order valence-corrected chi connectivity index (χ0v) is 20.0. The van der Waals surface area contributed by atoms with E-state index in [1.54, 1.807) is 31.4 Å². The molecule has 0 bridgehead atoms. The average molecular weight is 474 g/mol. The minimum atomic E-state index is -3.69. The van der Waals surface area contributed by atoms with Crippen LogP contribution in [0.1, 0.15) is 35.2 Å². The van der Waals surface area contributed by atoms with Gasteiger partial charge in [0.25, 0.3) is 5.91 Å². The van der Waals surface area contributed by atoms with Gasteiger partial charge in [0.05, 0.1) is 36.6 Å². The van der Waals surface area contributed by atoms with Crippen LogP contribution in [0.15, 0.2) is 41.3 Å². The predicted molar refractivity (Wildman–Crippen MR) is 128 cm³/mol. The Morgan fingerprint density at radius 3 is 2.42 bits per heavy atom. The molecular weight excluding hydrogens is 442 g/mol. The SMILES string of the molecule is COc1cc(C(=O)Nc2cc(S(=O)(=O)N3CCOCC3)ccc2N2CCCCC2)ccc1C. The summed E-state index contributed by atoms with van der Waals surface area (Å²) in [5.41, 5.74) is 2.71. The van der Waals surface area contributed by atoms with E-state index in [0.29, 0.717) is 43.3 Å². The maximum Gasteiger partial charge on any atom is 0.255 e. The van der Waals surface area contributed by atoms with Crippen LogP contribution in [-0.2, 0) is 14.8 Å². The summed E-state index contributed by atoms with van der Waals surface area (Å²) < 4.78 is 38.6. The van der Waals surface area contributed by atoms with Gasteiger partial charge < -0.3 is 19.7 Å². The predicted octanol–water partition coefficient (Wildman–Crippen LogP) is 3.27. The molecule has 0 saturated carbocycles. The van der Waals surface area contributed by atoms with Gasteiger partial charge in [-0.3, -0.25) is 4.79 Å². The van der Waals surface area contributed by atoms with Crippen LogP contribution in [0.25, 0.3) is 0 Å². The molecule has 0 aromatic heterocycles. The lowest BCUT2D eigenvalue weighted by Gasteiger charge is -2.31. The summed E-state index contributed by atoms with van der Waals surface area (Å²) in [5.74, 6) is 0.315. The molecule has 0 atom stereocenters. The highest BCUT2D eigenvalue weighted by Crippen LogP contribution is 2.33. The Kier molecular flexibility index (Phi) is 7.21. The fourth-order valence-electron chi connectivity index (χ4n) is 4.28. The van der Waals surface area contributed by atoms with Crippen molar-refractivity contribution in [1.29, 1.82) is 0 Å². The fourth-order valence-corrected chi connectivity index (χ4v) is 5.71. The largest absolute Gasteiger partial charge is 0.496 e. The molecule has 1 amide bonds. The van der Waals surface area contributed by atoms with Crippen LogP contribution >= 0.6 is 0 Å². The smallest absolute Gasteiger partial charge is 0.255 e. The number of hydrogen-bond acceptors (Lipinski definition) is 6. The number of anilines is 2. The first-order valence-corrected chi connectivity index (χ1v) is 12.8. The summed E-state index contributed by atoms with van der Waals surface area (Å²) in [6, 6.07) is 10.3. The van der Waals surface area contributed by atoms with E-state index in [2.05, 4.69) is 10.2 Å². The van der Waals surface area contributed by atoms with E-state index < -0.39 is 10.0 Å². The number of carbonyl (C=O) groups is 1. The van der Waals surface area contributed by atoms with E-state index in [1.807, 2.05) is 19.1 Å². The average Bonchev–Trinajstić information content (AvgIpc) is 2.85. The number of aryl methyl sites for hydroxylation is 1. The Bertz CT molecular complexity index is 1110. The number of morpholine rings is 1. The number of piperidine rings is 1. The molecule has 2 aliphatic rings. The molecule has 178 valence electrons. The monoisotopic (exact) mass is 473 g/mol. The third-order valence-corrected chi connectivity index (χ3v) is 8.09. The van der Waals surface area contributed by atoms with Crippen molar-refractivity contribution in [2.24, 2.45) is 0 Å². The molecule has 33 heavy (non-hydrogen) atoms. The Labute approximate surface area is 195 Å². The van der Waals surface area contributed by atoms with E-state index in [0.717, 1.165) is 37.2 Å². The number of hydrogen-bond donors (Lipinski definition) is 1. The maximum absolute atomic E-state index is 13.2. The van der Waals surface area contributed by atoms with Gasteiger partial charge in [0.2, 0.25) is 10.0 Å². The molecule has 0 radical (unpaired) electrons. The first kappa shape index (κ1) is 23.5. The van der Waals surface area contributed by atoms with E-state index in [4.69, 9.17) is 9.47 Å². The number of amides is 1. The van der Waals surface area contributed by atoms with Crippen molar-refractivity contribution in [2.45, 2.75) is 31.1 Å². The highest BCUT2D eigenvalue weighted by atomic mass is 32.2. The van der Waals surface area contributed by atoms with Crippen LogP contribution in [0.4, 0.5) is 11.4 Å². The third kappa shape index (κ3) is 5.15. The summed E-state index contributed by atoms with van der Waals surface area (Å²) in [5, 5.41) is 2.97. The van der Waals surface area contributed by atoms with Crippen molar-refractivity contribution in [3.8, 4) is 5.75 Å². The first-order chi connectivity index (χ1) is 15.9. The summed E-state index contributed by atoms with van der Waals surface area (Å²) in [6.45, 7) is 5.05. The number of methoxy groups -OCH3 is 1. The Morgan fingerprint density at radius 2 is 1.73 bits per heavy atom. The summed E-state index contributed by atoms with van der Waals surface area (Å²) in [7, 11) is -2.12. The molecule has 4 rings (SSSR count). The van der Waals surface area contributed by atoms with Crippen molar-refractivity contribution < 1.29 is 22.7 Å². The lowest BCUT2D eigenvalue weighted by atomic mass is 10.1. The van der Waals surface area contributed by atoms with Crippen LogP contribution < -0.4 is 15.0 Å². The molecule has 2 aromatic rings. The van der Waals surface area contributed by atoms with Crippen molar-refractivity contribution in [2.75, 3.05) is 56.7 Å². The molecule has 2 heterocycles. The van der Waals surface area contributed by atoms with Crippen LogP contribution in [-0.4, -0.2) is 65.1 Å². The van der Waals surface area contributed by atoms with Gasteiger partial charge in [-0.2, -0.15) is 4.31 Å². The van der Waals surface area contributed by atoms with Crippen LogP contribution in [0.5, 0.6) is 5.75 Å². The number of sulfonamides is 1. The number of carbonyl (C=O) groups excluding carboxylic acids is 1. The summed E-state index contributed by atoms with van der Waals surface area (Å²) in [6.07, 6.45) is 3.30. The molecule has 8 nitrogen and oxygen atoms in total. The Balaban J connectivity index is 1.68. The van der Waals surface area contributed by atoms with E-state index >= 15 is 0 Å². The van der Waals surface area contributed by atoms with E-state index in [9.17, 15) is 13.2 Å². The van der Waals surface area contributed by atoms with Gasteiger partial charge in [0, 0.05) is 31.7 Å². The van der Waals surface area contributed by atoms with Crippen LogP contribution in [0.2, 0.25) is 0 Å². The van der Waals surface area contributed by atoms with Gasteiger partial charge in [-0.25, -0.2) is 8.42 Å². The summed E-state index contributed by atoms with van der Waals surface area (Å²) in [4.78, 5) is 15.5. The van der Waals surface area contributed by atoms with Crippen LogP contribution in [0, 0.1) is 6.92 Å². The van der Waals surface area contributed by atoms with Gasteiger partial charge in [0.1, 0.15) is 5.75 Å². The quantitative estimate of drug-likeness (QED) is 0.693. The van der Waals surface area contributed by atoms with Crippen molar-refractivity contribution in [3.63, 3.8) is 0 Å².